The van der Waals surface area contributed by atoms with E-state index in [1.165, 1.54) is 16.7 Å². The molecule has 2 N–H and O–H groups in total. The standard InChI is InChI=1S/C15H25NO5SSi/c1-14(2,3)15(4,21-23(5)6)9-11(18)16-10(13(19)20)8(7-17)22-12(9)16/h9,12,17,23H,7H2,1-6H3,(H,19,20)/t9-,12+,15?/m0/s1. The van der Waals surface area contributed by atoms with Crippen LogP contribution in [0, 0.1) is 11.3 Å². The lowest BCUT2D eigenvalue weighted by Crippen LogP contribution is -2.69. The van der Waals surface area contributed by atoms with E-state index in [4.69, 9.17) is 4.43 Å². The Bertz CT molecular complexity index is 571. The average Bonchev–Trinajstić information content (AvgIpc) is 2.70. The van der Waals surface area contributed by atoms with E-state index >= 15 is 0 Å². The van der Waals surface area contributed by atoms with Gasteiger partial charge in [0.25, 0.3) is 0 Å². The van der Waals surface area contributed by atoms with Crippen molar-refractivity contribution in [3.05, 3.63) is 10.6 Å². The Balaban J connectivity index is 2.38. The molecule has 0 aromatic heterocycles. The molecule has 0 aromatic rings. The number of carboxylic acid groups (broad SMARTS) is 1. The first kappa shape index (κ1) is 18.5. The highest BCUT2D eigenvalue weighted by atomic mass is 32.2. The van der Waals surface area contributed by atoms with Crippen LogP contribution < -0.4 is 0 Å². The molecule has 0 aromatic carbocycles. The van der Waals surface area contributed by atoms with Crippen molar-refractivity contribution in [2.75, 3.05) is 6.61 Å². The predicted octanol–water partition coefficient (Wildman–Crippen LogP) is 1.61. The molecule has 0 bridgehead atoms. The van der Waals surface area contributed by atoms with Crippen LogP contribution in [0.4, 0.5) is 0 Å². The number of fused-ring (bicyclic) bond motifs is 1. The molecule has 2 rings (SSSR count). The van der Waals surface area contributed by atoms with Gasteiger partial charge in [-0.05, 0) is 25.4 Å². The third-order valence-corrected chi connectivity index (χ3v) is 7.01. The Hall–Kier alpha value is -0.833. The summed E-state index contributed by atoms with van der Waals surface area (Å²) >= 11 is 1.27. The van der Waals surface area contributed by atoms with E-state index in [1.807, 2.05) is 27.7 Å². The maximum Gasteiger partial charge on any atom is 0.353 e. The Morgan fingerprint density at radius 3 is 2.30 bits per heavy atom. The molecule has 8 heteroatoms. The lowest BCUT2D eigenvalue weighted by atomic mass is 9.66. The summed E-state index contributed by atoms with van der Waals surface area (Å²) in [6, 6.07) is 0. The maximum absolute atomic E-state index is 12.8. The quantitative estimate of drug-likeness (QED) is 0.573. The van der Waals surface area contributed by atoms with Gasteiger partial charge in [-0.15, -0.1) is 0 Å². The molecule has 2 heterocycles. The third-order valence-electron chi connectivity index (χ3n) is 4.72. The van der Waals surface area contributed by atoms with Crippen molar-refractivity contribution < 1.29 is 24.2 Å². The fourth-order valence-corrected chi connectivity index (χ4v) is 6.18. The van der Waals surface area contributed by atoms with Crippen LogP contribution in [0.1, 0.15) is 27.7 Å². The van der Waals surface area contributed by atoms with E-state index in [2.05, 4.69) is 13.1 Å². The number of rotatable bonds is 5. The molecule has 1 saturated heterocycles. The summed E-state index contributed by atoms with van der Waals surface area (Å²) in [4.78, 5) is 25.8. The Labute approximate surface area is 142 Å². The van der Waals surface area contributed by atoms with Crippen LogP contribution in [-0.4, -0.2) is 53.6 Å². The van der Waals surface area contributed by atoms with E-state index in [1.54, 1.807) is 0 Å². The summed E-state index contributed by atoms with van der Waals surface area (Å²) in [7, 11) is -1.41. The highest BCUT2D eigenvalue weighted by Gasteiger charge is 2.65. The summed E-state index contributed by atoms with van der Waals surface area (Å²) in [6.45, 7) is 11.8. The topological polar surface area (TPSA) is 87.1 Å². The molecule has 2 aliphatic heterocycles. The van der Waals surface area contributed by atoms with Crippen molar-refractivity contribution >= 4 is 32.7 Å². The lowest BCUT2D eigenvalue weighted by molar-refractivity contribution is -0.173. The van der Waals surface area contributed by atoms with Crippen molar-refractivity contribution in [1.82, 2.24) is 4.90 Å². The average molecular weight is 360 g/mol. The molecule has 0 radical (unpaired) electrons. The molecular formula is C15H25NO5SSi. The molecule has 0 saturated carbocycles. The number of hydrogen-bond acceptors (Lipinski definition) is 5. The van der Waals surface area contributed by atoms with Crippen LogP contribution in [0.3, 0.4) is 0 Å². The number of hydrogen-bond donors (Lipinski definition) is 2. The van der Waals surface area contributed by atoms with Gasteiger partial charge in [-0.3, -0.25) is 9.69 Å². The molecule has 1 unspecified atom stereocenters. The van der Waals surface area contributed by atoms with Crippen molar-refractivity contribution in [1.29, 1.82) is 0 Å². The number of carbonyl (C=O) groups excluding carboxylic acids is 1. The molecule has 3 atom stereocenters. The first-order chi connectivity index (χ1) is 10.5. The van der Waals surface area contributed by atoms with Crippen molar-refractivity contribution in [3.63, 3.8) is 0 Å². The normalized spacial score (nSPS) is 27.1. The van der Waals surface area contributed by atoms with Gasteiger partial charge in [0.15, 0.2) is 9.04 Å². The number of β-lactam (4-membered cyclic amide) rings is 1. The molecule has 6 nitrogen and oxygen atoms in total. The molecule has 0 aliphatic carbocycles. The minimum absolute atomic E-state index is 0.0817. The van der Waals surface area contributed by atoms with Gasteiger partial charge in [0.05, 0.1) is 18.1 Å². The second-order valence-corrected chi connectivity index (χ2v) is 11.0. The van der Waals surface area contributed by atoms with Gasteiger partial charge in [-0.1, -0.05) is 32.5 Å². The van der Waals surface area contributed by atoms with E-state index in [0.29, 0.717) is 4.91 Å². The highest BCUT2D eigenvalue weighted by Crippen LogP contribution is 2.56. The molecule has 23 heavy (non-hydrogen) atoms. The third kappa shape index (κ3) is 2.75. The second kappa shape index (κ2) is 5.91. The minimum Gasteiger partial charge on any atom is -0.477 e. The van der Waals surface area contributed by atoms with E-state index in [0.717, 1.165) is 0 Å². The number of carbonyl (C=O) groups is 2. The molecule has 130 valence electrons. The SMILES string of the molecule is C[SiH](C)OC(C)([C@H]1C(=O)N2C(C(=O)O)=C(CO)S[C@H]12)C(C)(C)C. The number of nitrogens with zero attached hydrogens (tertiary/aromatic N) is 1. The van der Waals surface area contributed by atoms with Crippen molar-refractivity contribution in [2.24, 2.45) is 11.3 Å². The molecule has 0 spiro atoms. The van der Waals surface area contributed by atoms with Crippen LogP contribution in [0.2, 0.25) is 13.1 Å². The lowest BCUT2D eigenvalue weighted by Gasteiger charge is -2.56. The fraction of sp³-hybridized carbons (Fsp3) is 0.733. The number of aliphatic hydroxyl groups is 1. The number of thioether (sulfide) groups is 1. The zero-order chi connectivity index (χ0) is 17.7. The van der Waals surface area contributed by atoms with Crippen molar-refractivity contribution in [2.45, 2.75) is 51.8 Å². The molecular weight excluding hydrogens is 334 g/mol. The van der Waals surface area contributed by atoms with Gasteiger partial charge in [-0.2, -0.15) is 0 Å². The van der Waals surface area contributed by atoms with Gasteiger partial charge < -0.3 is 14.6 Å². The fourth-order valence-electron chi connectivity index (χ4n) is 3.21. The van der Waals surface area contributed by atoms with E-state index in [9.17, 15) is 19.8 Å². The first-order valence-corrected chi connectivity index (χ1v) is 11.4. The summed E-state index contributed by atoms with van der Waals surface area (Å²) in [6.07, 6.45) is 0. The smallest absolute Gasteiger partial charge is 0.353 e. The largest absolute Gasteiger partial charge is 0.477 e. The van der Waals surface area contributed by atoms with Gasteiger partial charge in [0.2, 0.25) is 5.91 Å². The monoisotopic (exact) mass is 359 g/mol. The first-order valence-electron chi connectivity index (χ1n) is 7.70. The summed E-state index contributed by atoms with van der Waals surface area (Å²) < 4.78 is 6.30. The van der Waals surface area contributed by atoms with E-state index in [-0.39, 0.29) is 29.0 Å². The second-order valence-electron chi connectivity index (χ2n) is 7.45. The minimum atomic E-state index is -1.41. The van der Waals surface area contributed by atoms with Crippen LogP contribution in [0.5, 0.6) is 0 Å². The van der Waals surface area contributed by atoms with Gasteiger partial charge >= 0.3 is 5.97 Å². The predicted molar refractivity (Wildman–Crippen MR) is 91.3 cm³/mol. The van der Waals surface area contributed by atoms with Crippen LogP contribution >= 0.6 is 11.8 Å². The number of carboxylic acids is 1. The van der Waals surface area contributed by atoms with E-state index < -0.39 is 26.5 Å². The maximum atomic E-state index is 12.8. The Morgan fingerprint density at radius 1 is 1.35 bits per heavy atom. The van der Waals surface area contributed by atoms with Crippen LogP contribution in [0.25, 0.3) is 0 Å². The van der Waals surface area contributed by atoms with Gasteiger partial charge in [-0.25, -0.2) is 4.79 Å². The number of amides is 1. The highest BCUT2D eigenvalue weighted by molar-refractivity contribution is 8.04. The van der Waals surface area contributed by atoms with Crippen LogP contribution in [0.15, 0.2) is 10.6 Å². The zero-order valence-electron chi connectivity index (χ0n) is 14.4. The Morgan fingerprint density at radius 2 is 1.91 bits per heavy atom. The van der Waals surface area contributed by atoms with Gasteiger partial charge in [0.1, 0.15) is 11.1 Å². The van der Waals surface area contributed by atoms with Crippen LogP contribution in [-0.2, 0) is 14.0 Å². The molecule has 1 fully saturated rings. The Kier molecular flexibility index (Phi) is 4.75. The summed E-state index contributed by atoms with van der Waals surface area (Å²) in [5.74, 6) is -1.82. The summed E-state index contributed by atoms with van der Waals surface area (Å²) in [5, 5.41) is 18.5. The summed E-state index contributed by atoms with van der Waals surface area (Å²) in [5.41, 5.74) is -1.03. The number of aliphatic hydroxyl groups excluding tert-OH is 1. The number of aliphatic carboxylic acids is 1. The molecule has 2 aliphatic rings. The van der Waals surface area contributed by atoms with Gasteiger partial charge in [0, 0.05) is 4.91 Å². The van der Waals surface area contributed by atoms with Crippen molar-refractivity contribution in [3.8, 4) is 0 Å². The molecule has 1 amide bonds. The zero-order valence-corrected chi connectivity index (χ0v) is 16.4.